The number of aliphatic hydroxyl groups is 5. The van der Waals surface area contributed by atoms with Gasteiger partial charge < -0.3 is 40.3 Å². The molecule has 9 heteroatoms. The first-order valence-electron chi connectivity index (χ1n) is 31.3. The van der Waals surface area contributed by atoms with Crippen molar-refractivity contribution in [2.75, 3.05) is 13.2 Å². The lowest BCUT2D eigenvalue weighted by Gasteiger charge is -2.40. The van der Waals surface area contributed by atoms with Gasteiger partial charge in [0.15, 0.2) is 6.29 Å². The van der Waals surface area contributed by atoms with Crippen molar-refractivity contribution in [3.8, 4) is 0 Å². The first-order valence-corrected chi connectivity index (χ1v) is 31.3. The van der Waals surface area contributed by atoms with E-state index in [-0.39, 0.29) is 12.5 Å². The van der Waals surface area contributed by atoms with E-state index in [0.717, 1.165) is 96.3 Å². The van der Waals surface area contributed by atoms with Crippen LogP contribution in [0.4, 0.5) is 0 Å². The fraction of sp³-hybridized carbons (Fsp3) is 0.691. The molecule has 0 aromatic heterocycles. The molecule has 1 heterocycles. The second-order valence-electron chi connectivity index (χ2n) is 21.1. The zero-order valence-corrected chi connectivity index (χ0v) is 48.9. The largest absolute Gasteiger partial charge is 0.394 e. The highest BCUT2D eigenvalue weighted by Gasteiger charge is 2.44. The van der Waals surface area contributed by atoms with E-state index in [0.29, 0.717) is 12.8 Å². The number of ether oxygens (including phenoxy) is 2. The average Bonchev–Trinajstić information content (AvgIpc) is 3.43. The van der Waals surface area contributed by atoms with Crippen LogP contribution in [0.2, 0.25) is 0 Å². The van der Waals surface area contributed by atoms with Crippen LogP contribution in [0.5, 0.6) is 0 Å². The third-order valence-corrected chi connectivity index (χ3v) is 14.0. The summed E-state index contributed by atoms with van der Waals surface area (Å²) in [4.78, 5) is 13.1. The molecule has 9 nitrogen and oxygen atoms in total. The Hall–Kier alpha value is -3.41. The van der Waals surface area contributed by atoms with Gasteiger partial charge in [-0.1, -0.05) is 270 Å². The molecule has 7 atom stereocenters. The van der Waals surface area contributed by atoms with Crippen LogP contribution in [0.1, 0.15) is 245 Å². The maximum Gasteiger partial charge on any atom is 0.220 e. The summed E-state index contributed by atoms with van der Waals surface area (Å²) in [5.41, 5.74) is 0. The van der Waals surface area contributed by atoms with Gasteiger partial charge in [0.05, 0.1) is 25.4 Å². The molecule has 1 rings (SSSR count). The second-order valence-corrected chi connectivity index (χ2v) is 21.1. The first-order chi connectivity index (χ1) is 37.8. The van der Waals surface area contributed by atoms with Gasteiger partial charge in [0.25, 0.3) is 0 Å². The van der Waals surface area contributed by atoms with Gasteiger partial charge in [-0.3, -0.25) is 4.79 Å². The minimum atomic E-state index is -1.58. The zero-order valence-electron chi connectivity index (χ0n) is 48.9. The molecule has 1 aliphatic rings. The van der Waals surface area contributed by atoms with E-state index >= 15 is 0 Å². The lowest BCUT2D eigenvalue weighted by Crippen LogP contribution is -2.60. The van der Waals surface area contributed by atoms with Gasteiger partial charge >= 0.3 is 0 Å². The molecule has 0 saturated carbocycles. The second kappa shape index (κ2) is 55.9. The Balaban J connectivity index is 2.26. The molecule has 77 heavy (non-hydrogen) atoms. The smallest absolute Gasteiger partial charge is 0.220 e. The molecule has 0 aliphatic carbocycles. The van der Waals surface area contributed by atoms with Crippen molar-refractivity contribution in [1.82, 2.24) is 5.32 Å². The van der Waals surface area contributed by atoms with Crippen LogP contribution >= 0.6 is 0 Å². The zero-order chi connectivity index (χ0) is 55.8. The van der Waals surface area contributed by atoms with Gasteiger partial charge in [-0.05, 0) is 89.9 Å². The Kier molecular flexibility index (Phi) is 52.0. The molecule has 0 bridgehead atoms. The molecule has 1 fully saturated rings. The van der Waals surface area contributed by atoms with Gasteiger partial charge in [0.1, 0.15) is 24.4 Å². The molecule has 6 N–H and O–H groups in total. The number of nitrogens with one attached hydrogen (secondary N) is 1. The molecule has 1 amide bonds. The predicted molar refractivity (Wildman–Crippen MR) is 327 cm³/mol. The number of unbranched alkanes of at least 4 members (excludes halogenated alkanes) is 24. The molecule has 0 spiro atoms. The molecule has 0 aromatic rings. The monoisotopic (exact) mass is 1070 g/mol. The highest BCUT2D eigenvalue weighted by molar-refractivity contribution is 5.76. The van der Waals surface area contributed by atoms with Gasteiger partial charge in [0, 0.05) is 6.42 Å². The van der Waals surface area contributed by atoms with Crippen molar-refractivity contribution < 1.29 is 39.8 Å². The standard InChI is InChI=1S/C68H115NO8/c1-3-5-7-9-11-13-15-17-19-21-23-25-27-28-29-30-31-32-33-34-36-38-40-42-44-46-48-50-52-54-56-58-64(72)69-61(60-76-68-67(75)66(74)65(73)63(59-70)77-68)62(71)57-55-53-51-49-47-45-43-41-39-37-35-26-24-22-20-18-16-14-12-10-8-6-4-2/h5,7,11,13,17,19,23,25,28-29,31-32,34,36,40,42,46,48,55,57,61-63,65-68,70-71,73-75H,3-4,6,8-10,12,14-16,18,20-22,24,26-27,30,33,35,37-39,41,43-45,47,49-54,56,58-60H2,1-2H3,(H,69,72)/b7-5-,13-11-,19-17-,25-23-,29-28-,32-31-,36-34-,42-40-,48-46-,57-55+. The number of allylic oxidation sites excluding steroid dienone is 19. The van der Waals surface area contributed by atoms with Crippen LogP contribution < -0.4 is 5.32 Å². The lowest BCUT2D eigenvalue weighted by molar-refractivity contribution is -0.302. The van der Waals surface area contributed by atoms with Gasteiger partial charge in [-0.15, -0.1) is 0 Å². The summed E-state index contributed by atoms with van der Waals surface area (Å²) in [5, 5.41) is 54.6. The van der Waals surface area contributed by atoms with E-state index < -0.39 is 49.5 Å². The quantitative estimate of drug-likeness (QED) is 0.0261. The molecule has 1 aliphatic heterocycles. The summed E-state index contributed by atoms with van der Waals surface area (Å²) < 4.78 is 11.3. The Morgan fingerprint density at radius 2 is 0.805 bits per heavy atom. The lowest BCUT2D eigenvalue weighted by atomic mass is 9.99. The number of aliphatic hydroxyl groups excluding tert-OH is 5. The Morgan fingerprint density at radius 1 is 0.455 bits per heavy atom. The third-order valence-electron chi connectivity index (χ3n) is 14.0. The summed E-state index contributed by atoms with van der Waals surface area (Å²) in [7, 11) is 0. The van der Waals surface area contributed by atoms with E-state index in [1.807, 2.05) is 6.08 Å². The predicted octanol–water partition coefficient (Wildman–Crippen LogP) is 16.3. The minimum Gasteiger partial charge on any atom is -0.394 e. The normalized spacial score (nSPS) is 19.6. The van der Waals surface area contributed by atoms with Crippen molar-refractivity contribution in [1.29, 1.82) is 0 Å². The van der Waals surface area contributed by atoms with Crippen LogP contribution in [0, 0.1) is 0 Å². The van der Waals surface area contributed by atoms with Crippen molar-refractivity contribution in [3.63, 3.8) is 0 Å². The fourth-order valence-corrected chi connectivity index (χ4v) is 9.15. The number of hydrogen-bond acceptors (Lipinski definition) is 8. The summed E-state index contributed by atoms with van der Waals surface area (Å²) in [6, 6.07) is -0.833. The summed E-state index contributed by atoms with van der Waals surface area (Å²) >= 11 is 0. The van der Waals surface area contributed by atoms with Crippen molar-refractivity contribution in [3.05, 3.63) is 122 Å². The number of rotatable bonds is 52. The maximum atomic E-state index is 13.1. The topological polar surface area (TPSA) is 149 Å². The Morgan fingerprint density at radius 3 is 1.19 bits per heavy atom. The van der Waals surface area contributed by atoms with Gasteiger partial charge in [0.2, 0.25) is 5.91 Å². The Labute approximate surface area is 471 Å². The SMILES string of the molecule is CC/C=C\C/C=C\C/C=C\C/C=C\C/C=C\C/C=C\C/C=C\C/C=C\C/C=C\CCCCCC(=O)NC(COC1OC(CO)C(O)C(O)C1O)C(O)/C=C/CCCCCCCCCCCCCCCCCCCCCCC. The maximum absolute atomic E-state index is 13.1. The van der Waals surface area contributed by atoms with E-state index in [4.69, 9.17) is 9.47 Å². The summed E-state index contributed by atoms with van der Waals surface area (Å²) in [6.45, 7) is 3.66. The number of carbonyl (C=O) groups excluding carboxylic acids is 1. The van der Waals surface area contributed by atoms with Gasteiger partial charge in [-0.2, -0.15) is 0 Å². The molecular formula is C68H115NO8. The summed E-state index contributed by atoms with van der Waals surface area (Å²) in [6.07, 6.45) is 76.9. The van der Waals surface area contributed by atoms with Crippen molar-refractivity contribution in [2.45, 2.75) is 288 Å². The van der Waals surface area contributed by atoms with Crippen LogP contribution in [0.25, 0.3) is 0 Å². The molecule has 0 aromatic carbocycles. The van der Waals surface area contributed by atoms with E-state index in [2.05, 4.69) is 129 Å². The van der Waals surface area contributed by atoms with Crippen LogP contribution in [0.15, 0.2) is 122 Å². The molecule has 440 valence electrons. The molecule has 0 radical (unpaired) electrons. The minimum absolute atomic E-state index is 0.209. The van der Waals surface area contributed by atoms with Crippen LogP contribution in [-0.4, -0.2) is 87.5 Å². The number of carbonyl (C=O) groups is 1. The molecule has 1 saturated heterocycles. The van der Waals surface area contributed by atoms with Crippen LogP contribution in [-0.2, 0) is 14.3 Å². The number of hydrogen-bond donors (Lipinski definition) is 6. The fourth-order valence-electron chi connectivity index (χ4n) is 9.15. The van der Waals surface area contributed by atoms with Gasteiger partial charge in [-0.25, -0.2) is 0 Å². The van der Waals surface area contributed by atoms with E-state index in [9.17, 15) is 30.3 Å². The highest BCUT2D eigenvalue weighted by atomic mass is 16.7. The Bertz CT molecular complexity index is 1620. The van der Waals surface area contributed by atoms with E-state index in [1.54, 1.807) is 6.08 Å². The van der Waals surface area contributed by atoms with Crippen molar-refractivity contribution in [2.24, 2.45) is 0 Å². The van der Waals surface area contributed by atoms with Crippen LogP contribution in [0.3, 0.4) is 0 Å². The molecule has 7 unspecified atom stereocenters. The van der Waals surface area contributed by atoms with Crippen molar-refractivity contribution >= 4 is 5.91 Å². The average molecular weight is 1070 g/mol. The first kappa shape index (κ1) is 71.6. The summed E-state index contributed by atoms with van der Waals surface area (Å²) in [5.74, 6) is -0.212. The number of amides is 1. The highest BCUT2D eigenvalue weighted by Crippen LogP contribution is 2.23. The molecular weight excluding hydrogens is 959 g/mol. The van der Waals surface area contributed by atoms with E-state index in [1.165, 1.54) is 122 Å². The third kappa shape index (κ3) is 45.1.